The lowest BCUT2D eigenvalue weighted by Crippen LogP contribution is -2.34. The molecule has 1 aromatic heterocycles. The molecule has 8 heteroatoms. The van der Waals surface area contributed by atoms with Gasteiger partial charge in [0.1, 0.15) is 10.4 Å². The Morgan fingerprint density at radius 2 is 2.24 bits per heavy atom. The summed E-state index contributed by atoms with van der Waals surface area (Å²) in [5.74, 6) is 2.74. The Morgan fingerprint density at radius 1 is 1.47 bits per heavy atom. The molecule has 1 aliphatic rings. The van der Waals surface area contributed by atoms with E-state index in [1.54, 1.807) is 23.5 Å². The number of amides is 1. The highest BCUT2D eigenvalue weighted by Crippen LogP contribution is 2.30. The third-order valence-electron chi connectivity index (χ3n) is 2.25. The van der Waals surface area contributed by atoms with Crippen molar-refractivity contribution in [2.24, 2.45) is 0 Å². The van der Waals surface area contributed by atoms with E-state index in [1.807, 2.05) is 0 Å². The Morgan fingerprint density at radius 3 is 2.88 bits per heavy atom. The monoisotopic (exact) mass is 274 g/mol. The van der Waals surface area contributed by atoms with Crippen LogP contribution in [0.4, 0.5) is 0 Å². The maximum atomic E-state index is 11.7. The molecule has 1 fully saturated rings. The second-order valence-electron chi connectivity index (χ2n) is 3.59. The molecular weight excluding hydrogens is 260 g/mol. The summed E-state index contributed by atoms with van der Waals surface area (Å²) in [7, 11) is 0. The van der Waals surface area contributed by atoms with Crippen molar-refractivity contribution < 1.29 is 4.79 Å². The maximum Gasteiger partial charge on any atom is 0.340 e. The largest absolute Gasteiger partial charge is 0.354 e. The Kier molecular flexibility index (Phi) is 4.55. The first-order valence-corrected chi connectivity index (χ1v) is 7.50. The summed E-state index contributed by atoms with van der Waals surface area (Å²) in [5, 5.41) is 8.91. The molecule has 94 valence electrons. The molecule has 3 N–H and O–H groups in total. The highest BCUT2D eigenvalue weighted by atomic mass is 32.2. The summed E-state index contributed by atoms with van der Waals surface area (Å²) in [5.41, 5.74) is -0.315. The number of nitrogens with zero attached hydrogens (tertiary/aromatic N) is 1. The van der Waals surface area contributed by atoms with Gasteiger partial charge in [-0.3, -0.25) is 9.78 Å². The number of hydrogen-bond donors (Lipinski definition) is 3. The molecule has 1 aromatic rings. The van der Waals surface area contributed by atoms with Crippen LogP contribution >= 0.6 is 23.5 Å². The van der Waals surface area contributed by atoms with E-state index in [2.05, 4.69) is 20.5 Å². The number of carbonyl (C=O) groups is 1. The molecule has 0 aliphatic carbocycles. The number of H-pyrrole nitrogens is 2. The molecule has 1 amide bonds. The van der Waals surface area contributed by atoms with Crippen molar-refractivity contribution in [2.75, 3.05) is 18.1 Å². The molecule has 1 saturated heterocycles. The van der Waals surface area contributed by atoms with Gasteiger partial charge in [-0.05, 0) is 17.9 Å². The van der Waals surface area contributed by atoms with Crippen LogP contribution in [-0.4, -0.2) is 43.7 Å². The third-order valence-corrected chi connectivity index (χ3v) is 5.15. The second kappa shape index (κ2) is 6.15. The molecule has 0 bridgehead atoms. The normalized spacial score (nSPS) is 16.9. The molecule has 2 heterocycles. The highest BCUT2D eigenvalue weighted by molar-refractivity contribution is 8.18. The molecule has 0 unspecified atom stereocenters. The van der Waals surface area contributed by atoms with Gasteiger partial charge in [0.05, 0.1) is 0 Å². The fraction of sp³-hybridized carbons (Fsp3) is 0.667. The molecule has 0 atom stereocenters. The summed E-state index contributed by atoms with van der Waals surface area (Å²) in [4.78, 5) is 25.1. The fourth-order valence-corrected chi connectivity index (χ4v) is 4.11. The molecule has 0 aromatic carbocycles. The topological polar surface area (TPSA) is 90.6 Å². The van der Waals surface area contributed by atoms with Gasteiger partial charge in [-0.15, -0.1) is 23.5 Å². The quantitative estimate of drug-likeness (QED) is 0.716. The van der Waals surface area contributed by atoms with Crippen LogP contribution < -0.4 is 11.0 Å². The number of rotatable bonds is 4. The van der Waals surface area contributed by atoms with Crippen molar-refractivity contribution in [3.05, 3.63) is 16.3 Å². The second-order valence-corrected chi connectivity index (χ2v) is 6.32. The zero-order valence-corrected chi connectivity index (χ0v) is 10.8. The van der Waals surface area contributed by atoms with Gasteiger partial charge >= 0.3 is 5.69 Å². The van der Waals surface area contributed by atoms with Crippen molar-refractivity contribution in [3.63, 3.8) is 0 Å². The van der Waals surface area contributed by atoms with Crippen LogP contribution in [0.2, 0.25) is 0 Å². The van der Waals surface area contributed by atoms with Gasteiger partial charge in [0.25, 0.3) is 0 Å². The van der Waals surface area contributed by atoms with Crippen LogP contribution in [-0.2, 0) is 11.2 Å². The lowest BCUT2D eigenvalue weighted by Gasteiger charge is -2.19. The lowest BCUT2D eigenvalue weighted by atomic mass is 10.4. The molecule has 1 aliphatic heterocycles. The number of aromatic nitrogens is 3. The van der Waals surface area contributed by atoms with Crippen molar-refractivity contribution in [3.8, 4) is 0 Å². The first kappa shape index (κ1) is 12.6. The average molecular weight is 274 g/mol. The minimum absolute atomic E-state index is 0.0157. The van der Waals surface area contributed by atoms with Crippen molar-refractivity contribution in [2.45, 2.75) is 17.4 Å². The van der Waals surface area contributed by atoms with Gasteiger partial charge in [0.2, 0.25) is 5.91 Å². The van der Waals surface area contributed by atoms with Crippen LogP contribution in [0.25, 0.3) is 0 Å². The third kappa shape index (κ3) is 3.81. The van der Waals surface area contributed by atoms with Crippen LogP contribution in [0.1, 0.15) is 12.2 Å². The highest BCUT2D eigenvalue weighted by Gasteiger charge is 2.21. The SMILES string of the molecule is O=C(NCCc1n[nH]c(=O)[nH]1)C1SCCCS1. The molecule has 17 heavy (non-hydrogen) atoms. The minimum atomic E-state index is -0.315. The zero-order valence-electron chi connectivity index (χ0n) is 9.19. The number of nitrogens with one attached hydrogen (secondary N) is 3. The molecule has 0 spiro atoms. The first-order valence-electron chi connectivity index (χ1n) is 5.40. The van der Waals surface area contributed by atoms with E-state index in [4.69, 9.17) is 0 Å². The van der Waals surface area contributed by atoms with E-state index in [1.165, 1.54) is 6.42 Å². The number of hydrogen-bond acceptors (Lipinski definition) is 5. The van der Waals surface area contributed by atoms with E-state index < -0.39 is 0 Å². The first-order chi connectivity index (χ1) is 8.25. The van der Waals surface area contributed by atoms with Crippen molar-refractivity contribution in [1.82, 2.24) is 20.5 Å². The van der Waals surface area contributed by atoms with E-state index in [0.717, 1.165) is 11.5 Å². The lowest BCUT2D eigenvalue weighted by molar-refractivity contribution is -0.119. The van der Waals surface area contributed by atoms with Gasteiger partial charge in [-0.2, -0.15) is 5.10 Å². The van der Waals surface area contributed by atoms with Crippen LogP contribution in [0.3, 0.4) is 0 Å². The van der Waals surface area contributed by atoms with Crippen LogP contribution in [0, 0.1) is 0 Å². The maximum absolute atomic E-state index is 11.7. The smallest absolute Gasteiger partial charge is 0.340 e. The molecule has 6 nitrogen and oxygen atoms in total. The summed E-state index contributed by atoms with van der Waals surface area (Å²) in [6.45, 7) is 0.497. The molecule has 0 saturated carbocycles. The number of aromatic amines is 2. The average Bonchev–Trinajstić information content (AvgIpc) is 2.76. The van der Waals surface area contributed by atoms with Gasteiger partial charge in [-0.25, -0.2) is 9.89 Å². The Balaban J connectivity index is 1.70. The van der Waals surface area contributed by atoms with Crippen LogP contribution in [0.15, 0.2) is 4.79 Å². The number of carbonyl (C=O) groups excluding carboxylic acids is 1. The summed E-state index contributed by atoms with van der Waals surface area (Å²) >= 11 is 3.39. The van der Waals surface area contributed by atoms with Crippen molar-refractivity contribution >= 4 is 29.4 Å². The van der Waals surface area contributed by atoms with Crippen LogP contribution in [0.5, 0.6) is 0 Å². The Labute approximate surface area is 107 Å². The summed E-state index contributed by atoms with van der Waals surface area (Å²) in [6, 6.07) is 0. The Hall–Kier alpha value is -0.890. The number of thioether (sulfide) groups is 2. The van der Waals surface area contributed by atoms with Gasteiger partial charge in [0, 0.05) is 13.0 Å². The van der Waals surface area contributed by atoms with E-state index in [-0.39, 0.29) is 16.2 Å². The predicted octanol–water partition coefficient (Wildman–Crippen LogP) is -0.0471. The molecular formula is C9H14N4O2S2. The Bertz CT molecular complexity index is 425. The van der Waals surface area contributed by atoms with E-state index >= 15 is 0 Å². The minimum Gasteiger partial charge on any atom is -0.354 e. The van der Waals surface area contributed by atoms with Gasteiger partial charge < -0.3 is 5.32 Å². The predicted molar refractivity (Wildman–Crippen MR) is 69.2 cm³/mol. The van der Waals surface area contributed by atoms with Crippen molar-refractivity contribution in [1.29, 1.82) is 0 Å². The van der Waals surface area contributed by atoms with Gasteiger partial charge in [0.15, 0.2) is 0 Å². The van der Waals surface area contributed by atoms with E-state index in [9.17, 15) is 9.59 Å². The summed E-state index contributed by atoms with van der Waals surface area (Å²) in [6.07, 6.45) is 1.71. The van der Waals surface area contributed by atoms with E-state index in [0.29, 0.717) is 18.8 Å². The standard InChI is InChI=1S/C9H14N4O2S2/c14-7(8-16-4-1-5-17-8)10-3-2-6-11-9(15)13-12-6/h8H,1-5H2,(H,10,14)(H2,11,12,13,15). The molecule has 2 rings (SSSR count). The zero-order chi connectivity index (χ0) is 12.1. The summed E-state index contributed by atoms with van der Waals surface area (Å²) < 4.78 is 0.0157. The molecule has 0 radical (unpaired) electrons. The van der Waals surface area contributed by atoms with Gasteiger partial charge in [-0.1, -0.05) is 0 Å². The fourth-order valence-electron chi connectivity index (χ4n) is 1.45.